The molecule has 0 amide bonds. The van der Waals surface area contributed by atoms with Gasteiger partial charge in [-0.25, -0.2) is 8.78 Å². The monoisotopic (exact) mass is 291 g/mol. The fourth-order valence-corrected chi connectivity index (χ4v) is 2.08. The molecule has 112 valence electrons. The van der Waals surface area contributed by atoms with Crippen molar-refractivity contribution in [2.24, 2.45) is 0 Å². The van der Waals surface area contributed by atoms with Gasteiger partial charge in [0.25, 0.3) is 0 Å². The summed E-state index contributed by atoms with van der Waals surface area (Å²) in [4.78, 5) is 2.12. The first-order valence-electron chi connectivity index (χ1n) is 6.82. The third kappa shape index (κ3) is 4.08. The Morgan fingerprint density at radius 2 is 1.86 bits per heavy atom. The standard InChI is InChI=1S/C16H19F2N3/c1-21(13-6-3-2-4-7-13)9-5-8-20-15-11-12(17)10-14(18)16(15)19/h2-4,6-7,10-11,20H,5,8-9,19H2,1H3. The van der Waals surface area contributed by atoms with Gasteiger partial charge in [-0.2, -0.15) is 0 Å². The van der Waals surface area contributed by atoms with Gasteiger partial charge in [0, 0.05) is 31.9 Å². The molecule has 0 spiro atoms. The van der Waals surface area contributed by atoms with E-state index in [2.05, 4.69) is 10.2 Å². The summed E-state index contributed by atoms with van der Waals surface area (Å²) in [6.07, 6.45) is 0.822. The lowest BCUT2D eigenvalue weighted by molar-refractivity contribution is 0.587. The van der Waals surface area contributed by atoms with E-state index in [0.29, 0.717) is 12.2 Å². The molecule has 0 aliphatic rings. The van der Waals surface area contributed by atoms with Crippen molar-refractivity contribution in [1.82, 2.24) is 0 Å². The zero-order chi connectivity index (χ0) is 15.2. The summed E-state index contributed by atoms with van der Waals surface area (Å²) < 4.78 is 26.4. The summed E-state index contributed by atoms with van der Waals surface area (Å²) in [5, 5.41) is 2.97. The second-order valence-corrected chi connectivity index (χ2v) is 4.89. The van der Waals surface area contributed by atoms with Crippen molar-refractivity contribution in [3.8, 4) is 0 Å². The van der Waals surface area contributed by atoms with E-state index >= 15 is 0 Å². The van der Waals surface area contributed by atoms with Crippen molar-refractivity contribution in [3.63, 3.8) is 0 Å². The van der Waals surface area contributed by atoms with Gasteiger partial charge in [-0.1, -0.05) is 18.2 Å². The highest BCUT2D eigenvalue weighted by molar-refractivity contribution is 5.66. The first kappa shape index (κ1) is 15.1. The number of nitrogen functional groups attached to an aromatic ring is 1. The van der Waals surface area contributed by atoms with Crippen LogP contribution in [0.4, 0.5) is 25.8 Å². The third-order valence-corrected chi connectivity index (χ3v) is 3.28. The molecule has 0 fully saturated rings. The van der Waals surface area contributed by atoms with E-state index in [-0.39, 0.29) is 5.69 Å². The van der Waals surface area contributed by atoms with Gasteiger partial charge in [0.1, 0.15) is 5.82 Å². The van der Waals surface area contributed by atoms with E-state index in [9.17, 15) is 8.78 Å². The third-order valence-electron chi connectivity index (χ3n) is 3.28. The van der Waals surface area contributed by atoms with Gasteiger partial charge < -0.3 is 16.0 Å². The SMILES string of the molecule is CN(CCCNc1cc(F)cc(F)c1N)c1ccccc1. The van der Waals surface area contributed by atoms with E-state index in [0.717, 1.165) is 24.7 Å². The lowest BCUT2D eigenvalue weighted by atomic mass is 10.2. The molecule has 0 heterocycles. The van der Waals surface area contributed by atoms with Crippen molar-refractivity contribution in [2.75, 3.05) is 36.1 Å². The molecule has 0 aliphatic carbocycles. The quantitative estimate of drug-likeness (QED) is 0.632. The molecule has 3 nitrogen and oxygen atoms in total. The van der Waals surface area contributed by atoms with Crippen LogP contribution >= 0.6 is 0 Å². The van der Waals surface area contributed by atoms with Crippen LogP contribution in [0.15, 0.2) is 42.5 Å². The number of benzene rings is 2. The van der Waals surface area contributed by atoms with Gasteiger partial charge in [-0.15, -0.1) is 0 Å². The maximum atomic E-state index is 13.3. The molecule has 0 aliphatic heterocycles. The van der Waals surface area contributed by atoms with Gasteiger partial charge in [0.15, 0.2) is 5.82 Å². The molecule has 0 aromatic heterocycles. The Balaban J connectivity index is 1.83. The highest BCUT2D eigenvalue weighted by Gasteiger charge is 2.07. The maximum absolute atomic E-state index is 13.3. The van der Waals surface area contributed by atoms with Crippen LogP contribution in [0.25, 0.3) is 0 Å². The van der Waals surface area contributed by atoms with Gasteiger partial charge in [-0.3, -0.25) is 0 Å². The molecule has 0 saturated carbocycles. The van der Waals surface area contributed by atoms with Crippen LogP contribution in [0, 0.1) is 11.6 Å². The second-order valence-electron chi connectivity index (χ2n) is 4.89. The minimum Gasteiger partial charge on any atom is -0.395 e. The number of hydrogen-bond acceptors (Lipinski definition) is 3. The zero-order valence-corrected chi connectivity index (χ0v) is 11.9. The predicted octanol–water partition coefficient (Wildman–Crippen LogP) is 3.49. The van der Waals surface area contributed by atoms with Crippen LogP contribution in [0.5, 0.6) is 0 Å². The van der Waals surface area contributed by atoms with E-state index < -0.39 is 11.6 Å². The molecule has 0 saturated heterocycles. The van der Waals surface area contributed by atoms with Crippen molar-refractivity contribution < 1.29 is 8.78 Å². The first-order chi connectivity index (χ1) is 10.1. The summed E-state index contributed by atoms with van der Waals surface area (Å²) in [5.41, 5.74) is 6.96. The molecule has 5 heteroatoms. The number of rotatable bonds is 6. The zero-order valence-electron chi connectivity index (χ0n) is 11.9. The molecule has 3 N–H and O–H groups in total. The van der Waals surface area contributed by atoms with Gasteiger partial charge >= 0.3 is 0 Å². The number of nitrogens with one attached hydrogen (secondary N) is 1. The van der Waals surface area contributed by atoms with E-state index in [1.165, 1.54) is 6.07 Å². The molecule has 2 aromatic carbocycles. The molecular formula is C16H19F2N3. The van der Waals surface area contributed by atoms with Crippen molar-refractivity contribution in [1.29, 1.82) is 0 Å². The van der Waals surface area contributed by atoms with E-state index in [1.807, 2.05) is 37.4 Å². The summed E-state index contributed by atoms with van der Waals surface area (Å²) >= 11 is 0. The number of halogens is 2. The number of nitrogens with zero attached hydrogens (tertiary/aromatic N) is 1. The minimum absolute atomic E-state index is 0.0483. The largest absolute Gasteiger partial charge is 0.395 e. The maximum Gasteiger partial charge on any atom is 0.151 e. The number of para-hydroxylation sites is 1. The highest BCUT2D eigenvalue weighted by Crippen LogP contribution is 2.23. The average Bonchev–Trinajstić information content (AvgIpc) is 2.49. The summed E-state index contributed by atoms with van der Waals surface area (Å²) in [5.74, 6) is -1.37. The summed E-state index contributed by atoms with van der Waals surface area (Å²) in [6.45, 7) is 1.42. The topological polar surface area (TPSA) is 41.3 Å². The fraction of sp³-hybridized carbons (Fsp3) is 0.250. The Morgan fingerprint density at radius 1 is 1.14 bits per heavy atom. The first-order valence-corrected chi connectivity index (χ1v) is 6.82. The number of anilines is 3. The smallest absolute Gasteiger partial charge is 0.151 e. The molecule has 0 atom stereocenters. The summed E-state index contributed by atoms with van der Waals surface area (Å²) in [7, 11) is 2.01. The molecular weight excluding hydrogens is 272 g/mol. The normalized spacial score (nSPS) is 10.4. The Labute approximate surface area is 123 Å². The van der Waals surface area contributed by atoms with Crippen LogP contribution < -0.4 is 16.0 Å². The fourth-order valence-electron chi connectivity index (χ4n) is 2.08. The average molecular weight is 291 g/mol. The molecule has 2 rings (SSSR count). The van der Waals surface area contributed by atoms with Crippen LogP contribution in [-0.4, -0.2) is 20.1 Å². The molecule has 21 heavy (non-hydrogen) atoms. The van der Waals surface area contributed by atoms with Crippen LogP contribution in [0.1, 0.15) is 6.42 Å². The van der Waals surface area contributed by atoms with Gasteiger partial charge in [0.05, 0.1) is 11.4 Å². The number of nitrogens with two attached hydrogens (primary N) is 1. The van der Waals surface area contributed by atoms with Gasteiger partial charge in [0.2, 0.25) is 0 Å². The lowest BCUT2D eigenvalue weighted by Gasteiger charge is -2.19. The van der Waals surface area contributed by atoms with Gasteiger partial charge in [-0.05, 0) is 24.6 Å². The Hall–Kier alpha value is -2.30. The van der Waals surface area contributed by atoms with E-state index in [1.54, 1.807) is 0 Å². The van der Waals surface area contributed by atoms with Crippen LogP contribution in [0.2, 0.25) is 0 Å². The highest BCUT2D eigenvalue weighted by atomic mass is 19.1. The molecule has 2 aromatic rings. The molecule has 0 unspecified atom stereocenters. The lowest BCUT2D eigenvalue weighted by Crippen LogP contribution is -2.20. The Morgan fingerprint density at radius 3 is 2.57 bits per heavy atom. The van der Waals surface area contributed by atoms with Crippen LogP contribution in [-0.2, 0) is 0 Å². The van der Waals surface area contributed by atoms with E-state index in [4.69, 9.17) is 5.73 Å². The molecule has 0 radical (unpaired) electrons. The summed E-state index contributed by atoms with van der Waals surface area (Å²) in [6, 6.07) is 12.0. The Bertz CT molecular complexity index is 588. The molecule has 0 bridgehead atoms. The van der Waals surface area contributed by atoms with Crippen molar-refractivity contribution in [3.05, 3.63) is 54.1 Å². The second kappa shape index (κ2) is 6.92. The minimum atomic E-state index is -0.737. The van der Waals surface area contributed by atoms with Crippen LogP contribution in [0.3, 0.4) is 0 Å². The van der Waals surface area contributed by atoms with Crippen molar-refractivity contribution in [2.45, 2.75) is 6.42 Å². The van der Waals surface area contributed by atoms with Crippen molar-refractivity contribution >= 4 is 17.1 Å². The Kier molecular flexibility index (Phi) is 4.98. The predicted molar refractivity (Wildman–Crippen MR) is 83.6 cm³/mol. The number of hydrogen-bond donors (Lipinski definition) is 2.